The number of anilines is 1. The molecule has 0 heterocycles. The fraction of sp³-hybridized carbons (Fsp3) is 0.375. The number of rotatable bonds is 7. The highest BCUT2D eigenvalue weighted by atomic mass is 32.3. The van der Waals surface area contributed by atoms with Crippen LogP contribution in [0.15, 0.2) is 34.6 Å². The van der Waals surface area contributed by atoms with E-state index >= 15 is 0 Å². The number of hydrogen-bond acceptors (Lipinski definition) is 6. The number of hydrogen-bond donors (Lipinski definition) is 0. The Balaban J connectivity index is 3.55. The summed E-state index contributed by atoms with van der Waals surface area (Å²) in [6.07, 6.45) is 1.13. The molecule has 0 saturated carbocycles. The van der Waals surface area contributed by atoms with Crippen LogP contribution in [0, 0.1) is 0 Å². The van der Waals surface area contributed by atoms with Crippen LogP contribution in [0.2, 0.25) is 0 Å². The Labute approximate surface area is 169 Å². The second-order valence-corrected chi connectivity index (χ2v) is 9.88. The van der Waals surface area contributed by atoms with Crippen molar-refractivity contribution < 1.29 is 47.9 Å². The monoisotopic (exact) mass is 481 g/mol. The third-order valence-electron chi connectivity index (χ3n) is 3.43. The Bertz CT molecular complexity index is 993. The summed E-state index contributed by atoms with van der Waals surface area (Å²) in [5, 5.41) is 0. The van der Waals surface area contributed by atoms with Gasteiger partial charge in [0, 0.05) is 14.1 Å². The van der Waals surface area contributed by atoms with Crippen LogP contribution in [-0.4, -0.2) is 48.6 Å². The Hall–Kier alpha value is -2.22. The third kappa shape index (κ3) is 5.47. The van der Waals surface area contributed by atoms with Gasteiger partial charge in [-0.25, -0.2) is 16.8 Å². The van der Waals surface area contributed by atoms with Crippen molar-refractivity contribution in [1.82, 2.24) is 0 Å². The largest absolute Gasteiger partial charge is 0.502 e. The number of benzene rings is 1. The maximum absolute atomic E-state index is 12.7. The minimum atomic E-state index is -6.80. The molecule has 0 N–H and O–H groups in total. The number of ether oxygens (including phenoxy) is 1. The molecule has 30 heavy (non-hydrogen) atoms. The molecule has 1 aromatic rings. The quantitative estimate of drug-likeness (QED) is 0.435. The van der Waals surface area contributed by atoms with Gasteiger partial charge in [0.1, 0.15) is 5.75 Å². The van der Waals surface area contributed by atoms with Gasteiger partial charge in [-0.15, -0.1) is 0 Å². The molecule has 0 atom stereocenters. The molecule has 0 aliphatic heterocycles. The topological polar surface area (TPSA) is 80.8 Å². The van der Waals surface area contributed by atoms with Gasteiger partial charge in [-0.1, -0.05) is 18.2 Å². The van der Waals surface area contributed by atoms with Crippen LogP contribution in [-0.2, 0) is 19.7 Å². The zero-order chi connectivity index (χ0) is 23.5. The zero-order valence-corrected chi connectivity index (χ0v) is 17.4. The molecule has 0 fully saturated rings. The van der Waals surface area contributed by atoms with Crippen LogP contribution in [0.5, 0.6) is 5.75 Å². The summed E-state index contributed by atoms with van der Waals surface area (Å²) in [6, 6.07) is 4.34. The number of sulfone groups is 2. The number of alkyl halides is 6. The maximum atomic E-state index is 12.7. The lowest BCUT2D eigenvalue weighted by molar-refractivity contribution is -0.0444. The Kier molecular flexibility index (Phi) is 7.64. The average molecular weight is 481 g/mol. The fourth-order valence-corrected chi connectivity index (χ4v) is 4.76. The minimum Gasteiger partial charge on any atom is -0.492 e. The molecule has 0 aliphatic rings. The van der Waals surface area contributed by atoms with E-state index in [1.807, 2.05) is 0 Å². The van der Waals surface area contributed by atoms with Crippen molar-refractivity contribution in [1.29, 1.82) is 0 Å². The first-order valence-corrected chi connectivity index (χ1v) is 10.9. The van der Waals surface area contributed by atoms with Crippen LogP contribution in [0.1, 0.15) is 12.5 Å². The molecule has 14 heteroatoms. The lowest BCUT2D eigenvalue weighted by Gasteiger charge is -2.17. The predicted molar refractivity (Wildman–Crippen MR) is 99.0 cm³/mol. The van der Waals surface area contributed by atoms with Crippen molar-refractivity contribution in [2.45, 2.75) is 17.9 Å². The number of nitrogens with zero attached hydrogens (tertiary/aromatic N) is 1. The van der Waals surface area contributed by atoms with Crippen LogP contribution in [0.25, 0.3) is 6.08 Å². The van der Waals surface area contributed by atoms with E-state index in [4.69, 9.17) is 4.74 Å². The van der Waals surface area contributed by atoms with Crippen molar-refractivity contribution in [3.05, 3.63) is 40.2 Å². The van der Waals surface area contributed by atoms with Crippen molar-refractivity contribution in [2.75, 3.05) is 25.6 Å². The molecule has 0 amide bonds. The lowest BCUT2D eigenvalue weighted by atomic mass is 10.1. The van der Waals surface area contributed by atoms with E-state index in [1.165, 1.54) is 18.2 Å². The highest BCUT2D eigenvalue weighted by Gasteiger charge is 2.59. The molecule has 0 aliphatic carbocycles. The van der Waals surface area contributed by atoms with E-state index in [2.05, 4.69) is 0 Å². The molecule has 0 bridgehead atoms. The molecule has 1 aromatic carbocycles. The molecule has 6 nitrogen and oxygen atoms in total. The lowest BCUT2D eigenvalue weighted by Crippen LogP contribution is -2.34. The van der Waals surface area contributed by atoms with E-state index in [0.29, 0.717) is 17.5 Å². The highest BCUT2D eigenvalue weighted by Crippen LogP contribution is 2.39. The van der Waals surface area contributed by atoms with E-state index < -0.39 is 34.9 Å². The van der Waals surface area contributed by atoms with Gasteiger partial charge in [-0.05, 0) is 30.7 Å². The molecule has 1 rings (SSSR count). The minimum absolute atomic E-state index is 0.202. The normalized spacial score (nSPS) is 13.4. The molecule has 170 valence electrons. The fourth-order valence-electron chi connectivity index (χ4n) is 2.06. The summed E-state index contributed by atoms with van der Waals surface area (Å²) in [4.78, 5) is 1.68. The molecule has 0 aromatic heterocycles. The standard InChI is InChI=1S/C16H17F6NO5S2/c1-4-28-13-10-11(8-9-12(13)23(2)3)6-5-7-14(29(24,25)15(17,18)19)30(26,27)16(20,21)22/h5-10H,4H2,1-3H3/b6-5+. The van der Waals surface area contributed by atoms with Gasteiger partial charge in [0.2, 0.25) is 0 Å². The summed E-state index contributed by atoms with van der Waals surface area (Å²) in [6.45, 7) is 1.94. The van der Waals surface area contributed by atoms with Gasteiger partial charge < -0.3 is 9.64 Å². The van der Waals surface area contributed by atoms with E-state index in [9.17, 15) is 43.2 Å². The van der Waals surface area contributed by atoms with E-state index in [1.54, 1.807) is 25.9 Å². The van der Waals surface area contributed by atoms with Gasteiger partial charge in [-0.2, -0.15) is 26.3 Å². The third-order valence-corrected chi connectivity index (χ3v) is 7.29. The SMILES string of the molecule is CCOc1cc(/C=C/C=C(S(=O)(=O)C(F)(F)F)S(=O)(=O)C(F)(F)F)ccc1N(C)C. The summed E-state index contributed by atoms with van der Waals surface area (Å²) in [5.74, 6) is 0.333. The van der Waals surface area contributed by atoms with Crippen molar-refractivity contribution in [2.24, 2.45) is 0 Å². The van der Waals surface area contributed by atoms with Crippen molar-refractivity contribution in [3.8, 4) is 5.75 Å². The highest BCUT2D eigenvalue weighted by molar-refractivity contribution is 8.15. The van der Waals surface area contributed by atoms with Gasteiger partial charge >= 0.3 is 11.0 Å². The van der Waals surface area contributed by atoms with Crippen LogP contribution < -0.4 is 9.64 Å². The summed E-state index contributed by atoms with van der Waals surface area (Å²) in [5.41, 5.74) is -11.7. The second kappa shape index (κ2) is 8.88. The summed E-state index contributed by atoms with van der Waals surface area (Å²) < 4.78 is 124. The van der Waals surface area contributed by atoms with Gasteiger partial charge in [0.25, 0.3) is 19.7 Å². The molecule has 0 saturated heterocycles. The zero-order valence-electron chi connectivity index (χ0n) is 15.7. The smallest absolute Gasteiger partial charge is 0.492 e. The first-order chi connectivity index (χ1) is 13.5. The van der Waals surface area contributed by atoms with E-state index in [-0.39, 0.29) is 18.2 Å². The first-order valence-electron chi connectivity index (χ1n) is 7.92. The first kappa shape index (κ1) is 25.8. The van der Waals surface area contributed by atoms with Crippen molar-refractivity contribution >= 4 is 31.4 Å². The predicted octanol–water partition coefficient (Wildman–Crippen LogP) is 3.88. The van der Waals surface area contributed by atoms with Crippen LogP contribution in [0.3, 0.4) is 0 Å². The van der Waals surface area contributed by atoms with Gasteiger partial charge in [0.05, 0.1) is 12.3 Å². The van der Waals surface area contributed by atoms with Gasteiger partial charge in [-0.3, -0.25) is 0 Å². The summed E-state index contributed by atoms with van der Waals surface area (Å²) >= 11 is 0. The number of allylic oxidation sites excluding steroid dienone is 2. The Morgan fingerprint density at radius 3 is 1.90 bits per heavy atom. The maximum Gasteiger partial charge on any atom is 0.502 e. The molecular formula is C16H17F6NO5S2. The second-order valence-electron chi connectivity index (χ2n) is 5.80. The van der Waals surface area contributed by atoms with Crippen LogP contribution in [0.4, 0.5) is 32.0 Å². The molecule has 0 unspecified atom stereocenters. The Morgan fingerprint density at radius 2 is 1.50 bits per heavy atom. The molecule has 0 radical (unpaired) electrons. The van der Waals surface area contributed by atoms with Crippen molar-refractivity contribution in [3.63, 3.8) is 0 Å². The van der Waals surface area contributed by atoms with E-state index in [0.717, 1.165) is 6.08 Å². The molecule has 0 spiro atoms. The molecular weight excluding hydrogens is 464 g/mol. The Morgan fingerprint density at radius 1 is 1.00 bits per heavy atom. The van der Waals surface area contributed by atoms with Gasteiger partial charge in [0.15, 0.2) is 4.24 Å². The van der Waals surface area contributed by atoms with Crippen LogP contribution >= 0.6 is 0 Å². The average Bonchev–Trinajstić information content (AvgIpc) is 2.56. The number of halogens is 6. The summed E-state index contributed by atoms with van der Waals surface area (Å²) in [7, 11) is -10.2.